The van der Waals surface area contributed by atoms with E-state index < -0.39 is 39.3 Å². The molecule has 0 radical (unpaired) electrons. The first-order valence-electron chi connectivity index (χ1n) is 4.19. The van der Waals surface area contributed by atoms with Crippen LogP contribution in [0.5, 0.6) is 0 Å². The lowest BCUT2D eigenvalue weighted by molar-refractivity contribution is 0.417. The van der Waals surface area contributed by atoms with Gasteiger partial charge in [-0.2, -0.15) is 5.26 Å². The molecule has 7 heteroatoms. The number of hydrogen-bond donors (Lipinski definition) is 0. The minimum atomic E-state index is -1.97. The van der Waals surface area contributed by atoms with Gasteiger partial charge in [0.2, 0.25) is 0 Å². The molecule has 2 rings (SSSR count). The van der Waals surface area contributed by atoms with Gasteiger partial charge in [0.15, 0.2) is 23.3 Å². The Morgan fingerprint density at radius 1 is 1.06 bits per heavy atom. The van der Waals surface area contributed by atoms with Crippen molar-refractivity contribution in [2.24, 2.45) is 0 Å². The van der Waals surface area contributed by atoms with Crippen molar-refractivity contribution >= 4 is 22.5 Å². The van der Waals surface area contributed by atoms with Crippen LogP contribution >= 0.6 is 11.6 Å². The van der Waals surface area contributed by atoms with Gasteiger partial charge in [-0.3, -0.25) is 0 Å². The number of fused-ring (bicyclic) bond motifs is 1. The first-order valence-corrected chi connectivity index (χ1v) is 4.57. The maximum atomic E-state index is 13.3. The molecule has 0 aliphatic heterocycles. The van der Waals surface area contributed by atoms with E-state index in [1.807, 2.05) is 0 Å². The summed E-state index contributed by atoms with van der Waals surface area (Å²) in [5.74, 6) is -7.18. The van der Waals surface area contributed by atoms with E-state index in [-0.39, 0.29) is 5.56 Å². The summed E-state index contributed by atoms with van der Waals surface area (Å²) in [6.45, 7) is 0. The molecule has 0 aliphatic carbocycles. The molecule has 0 unspecified atom stereocenters. The second-order valence-corrected chi connectivity index (χ2v) is 3.45. The zero-order valence-electron chi connectivity index (χ0n) is 7.86. The minimum Gasteiger partial charge on any atom is -0.231 e. The molecule has 0 fully saturated rings. The Balaban J connectivity index is 3.03. The monoisotopic (exact) mass is 260 g/mol. The van der Waals surface area contributed by atoms with Gasteiger partial charge in [-0.25, -0.2) is 22.5 Å². The molecule has 17 heavy (non-hydrogen) atoms. The van der Waals surface area contributed by atoms with Gasteiger partial charge in [0, 0.05) is 5.39 Å². The van der Waals surface area contributed by atoms with E-state index in [4.69, 9.17) is 16.9 Å². The highest BCUT2D eigenvalue weighted by atomic mass is 35.5. The van der Waals surface area contributed by atoms with Gasteiger partial charge in [-0.1, -0.05) is 11.6 Å². The van der Waals surface area contributed by atoms with Gasteiger partial charge in [-0.05, 0) is 6.07 Å². The number of hydrogen-bond acceptors (Lipinski definition) is 2. The summed E-state index contributed by atoms with van der Waals surface area (Å²) >= 11 is 5.48. The summed E-state index contributed by atoms with van der Waals surface area (Å²) in [6, 6.07) is 2.38. The van der Waals surface area contributed by atoms with Crippen LogP contribution in [-0.4, -0.2) is 4.98 Å². The van der Waals surface area contributed by atoms with Crippen LogP contribution in [0.2, 0.25) is 5.15 Å². The van der Waals surface area contributed by atoms with Crippen molar-refractivity contribution in [2.45, 2.75) is 0 Å². The molecule has 1 heterocycles. The third-order valence-corrected chi connectivity index (χ3v) is 2.41. The van der Waals surface area contributed by atoms with Crippen LogP contribution < -0.4 is 0 Å². The van der Waals surface area contributed by atoms with Gasteiger partial charge in [0.25, 0.3) is 0 Å². The molecular formula is C10HClF4N2. The van der Waals surface area contributed by atoms with Crippen LogP contribution in [0, 0.1) is 34.6 Å². The predicted molar refractivity (Wildman–Crippen MR) is 51.3 cm³/mol. The van der Waals surface area contributed by atoms with Gasteiger partial charge in [-0.15, -0.1) is 0 Å². The predicted octanol–water partition coefficient (Wildman–Crippen LogP) is 3.32. The largest absolute Gasteiger partial charge is 0.231 e. The second kappa shape index (κ2) is 3.86. The van der Waals surface area contributed by atoms with E-state index in [1.54, 1.807) is 6.07 Å². The van der Waals surface area contributed by atoms with E-state index in [0.29, 0.717) is 0 Å². The number of rotatable bonds is 0. The zero-order valence-corrected chi connectivity index (χ0v) is 8.62. The average molecular weight is 261 g/mol. The molecular weight excluding hydrogens is 260 g/mol. The van der Waals surface area contributed by atoms with E-state index >= 15 is 0 Å². The molecule has 0 amide bonds. The fraction of sp³-hybridized carbons (Fsp3) is 0. The number of halogens is 5. The molecule has 0 saturated carbocycles. The number of benzene rings is 1. The summed E-state index contributed by atoms with van der Waals surface area (Å²) < 4.78 is 52.4. The van der Waals surface area contributed by atoms with Crippen LogP contribution in [0.15, 0.2) is 6.07 Å². The number of nitriles is 1. The van der Waals surface area contributed by atoms with Crippen LogP contribution in [0.25, 0.3) is 10.9 Å². The Morgan fingerprint density at radius 2 is 1.65 bits per heavy atom. The second-order valence-electron chi connectivity index (χ2n) is 3.09. The molecule has 0 aliphatic rings. The highest BCUT2D eigenvalue weighted by molar-refractivity contribution is 6.31. The van der Waals surface area contributed by atoms with Crippen LogP contribution in [0.3, 0.4) is 0 Å². The number of pyridine rings is 1. The smallest absolute Gasteiger partial charge is 0.199 e. The summed E-state index contributed by atoms with van der Waals surface area (Å²) in [4.78, 5) is 3.33. The maximum absolute atomic E-state index is 13.3. The Labute approximate surface area is 97.1 Å². The molecule has 0 N–H and O–H groups in total. The minimum absolute atomic E-state index is 0.261. The third-order valence-electron chi connectivity index (χ3n) is 2.12. The average Bonchev–Trinajstić information content (AvgIpc) is 2.33. The lowest BCUT2D eigenvalue weighted by Crippen LogP contribution is -2.00. The van der Waals surface area contributed by atoms with Crippen molar-refractivity contribution in [2.75, 3.05) is 0 Å². The number of aromatic nitrogens is 1. The Bertz CT molecular complexity index is 679. The zero-order chi connectivity index (χ0) is 12.7. The first kappa shape index (κ1) is 11.6. The molecule has 0 saturated heterocycles. The Hall–Kier alpha value is -1.87. The molecule has 0 spiro atoms. The van der Waals surface area contributed by atoms with Crippen molar-refractivity contribution < 1.29 is 17.6 Å². The lowest BCUT2D eigenvalue weighted by Gasteiger charge is -2.05. The van der Waals surface area contributed by atoms with Gasteiger partial charge in [0.05, 0.1) is 5.56 Å². The molecule has 1 aromatic heterocycles. The topological polar surface area (TPSA) is 36.7 Å². The van der Waals surface area contributed by atoms with E-state index in [2.05, 4.69) is 4.98 Å². The van der Waals surface area contributed by atoms with Crippen molar-refractivity contribution in [1.29, 1.82) is 5.26 Å². The molecule has 0 bridgehead atoms. The summed E-state index contributed by atoms with van der Waals surface area (Å²) in [5.41, 5.74) is -1.02. The van der Waals surface area contributed by atoms with Crippen LogP contribution in [0.4, 0.5) is 17.6 Å². The van der Waals surface area contributed by atoms with E-state index in [9.17, 15) is 17.6 Å². The van der Waals surface area contributed by atoms with E-state index in [0.717, 1.165) is 6.07 Å². The van der Waals surface area contributed by atoms with Crippen molar-refractivity contribution in [1.82, 2.24) is 4.98 Å². The quantitative estimate of drug-likeness (QED) is 0.315. The molecule has 1 aromatic carbocycles. The van der Waals surface area contributed by atoms with Gasteiger partial charge >= 0.3 is 0 Å². The van der Waals surface area contributed by atoms with Crippen molar-refractivity contribution in [3.8, 4) is 6.07 Å². The molecule has 2 aromatic rings. The van der Waals surface area contributed by atoms with Gasteiger partial charge in [0.1, 0.15) is 16.7 Å². The van der Waals surface area contributed by atoms with Crippen molar-refractivity contribution in [3.05, 3.63) is 40.1 Å². The fourth-order valence-electron chi connectivity index (χ4n) is 1.32. The Morgan fingerprint density at radius 3 is 2.24 bits per heavy atom. The fourth-order valence-corrected chi connectivity index (χ4v) is 1.50. The van der Waals surface area contributed by atoms with Gasteiger partial charge < -0.3 is 0 Å². The summed E-state index contributed by atoms with van der Waals surface area (Å²) in [7, 11) is 0. The van der Waals surface area contributed by atoms with Crippen LogP contribution in [-0.2, 0) is 0 Å². The highest BCUT2D eigenvalue weighted by Gasteiger charge is 2.22. The highest BCUT2D eigenvalue weighted by Crippen LogP contribution is 2.28. The van der Waals surface area contributed by atoms with Crippen LogP contribution in [0.1, 0.15) is 5.56 Å². The van der Waals surface area contributed by atoms with Crippen molar-refractivity contribution in [3.63, 3.8) is 0 Å². The Kier molecular flexibility index (Phi) is 2.63. The summed E-state index contributed by atoms with van der Waals surface area (Å²) in [6.07, 6.45) is 0. The molecule has 0 atom stereocenters. The molecule has 86 valence electrons. The third kappa shape index (κ3) is 1.59. The SMILES string of the molecule is N#Cc1cc2c(F)c(F)c(F)c(F)c2nc1Cl. The summed E-state index contributed by atoms with van der Waals surface area (Å²) in [5, 5.41) is 7.55. The molecule has 2 nitrogen and oxygen atoms in total. The standard InChI is InChI=1S/C10HClF4N2/c11-10-3(2-16)1-4-5(12)6(13)7(14)8(15)9(4)17-10/h1H. The number of nitrogens with zero attached hydrogens (tertiary/aromatic N) is 2. The normalized spacial score (nSPS) is 10.6. The van der Waals surface area contributed by atoms with E-state index in [1.165, 1.54) is 0 Å². The lowest BCUT2D eigenvalue weighted by atomic mass is 10.1. The maximum Gasteiger partial charge on any atom is 0.199 e. The first-order chi connectivity index (χ1) is 7.97.